The summed E-state index contributed by atoms with van der Waals surface area (Å²) in [7, 11) is 0. The summed E-state index contributed by atoms with van der Waals surface area (Å²) in [4.78, 5) is 22.1. The van der Waals surface area contributed by atoms with Gasteiger partial charge in [0.1, 0.15) is 0 Å². The van der Waals surface area contributed by atoms with Crippen LogP contribution < -0.4 is 10.6 Å². The molecule has 18 heavy (non-hydrogen) atoms. The third-order valence-corrected chi connectivity index (χ3v) is 3.60. The van der Waals surface area contributed by atoms with Gasteiger partial charge in [0, 0.05) is 6.54 Å². The number of nitrogens with one attached hydrogen (secondary N) is 2. The molecule has 1 rings (SSSR count). The zero-order valence-electron chi connectivity index (χ0n) is 10.7. The number of carboxylic acids is 1. The van der Waals surface area contributed by atoms with Gasteiger partial charge in [-0.05, 0) is 18.3 Å². The minimum absolute atomic E-state index is 0.460. The summed E-state index contributed by atoms with van der Waals surface area (Å²) in [5, 5.41) is 22.4. The lowest BCUT2D eigenvalue weighted by molar-refractivity contribution is -0.140. The van der Waals surface area contributed by atoms with E-state index in [-0.39, 0.29) is 0 Å². The molecule has 6 nitrogen and oxygen atoms in total. The van der Waals surface area contributed by atoms with Crippen molar-refractivity contribution in [1.82, 2.24) is 10.6 Å². The molecule has 1 aliphatic rings. The third kappa shape index (κ3) is 4.52. The Hall–Kier alpha value is -1.30. The molecule has 0 bridgehead atoms. The van der Waals surface area contributed by atoms with Crippen molar-refractivity contribution in [3.63, 3.8) is 0 Å². The number of carboxylic acid groups (broad SMARTS) is 1. The van der Waals surface area contributed by atoms with Gasteiger partial charge in [0.15, 0.2) is 6.04 Å². The lowest BCUT2D eigenvalue weighted by atomic mass is 9.80. The molecule has 3 atom stereocenters. The maximum Gasteiger partial charge on any atom is 0.328 e. The average molecular weight is 258 g/mol. The molecule has 0 aromatic heterocycles. The van der Waals surface area contributed by atoms with Crippen LogP contribution in [0.4, 0.5) is 4.79 Å². The van der Waals surface area contributed by atoms with Crippen molar-refractivity contribution >= 4 is 12.0 Å². The molecule has 0 aromatic carbocycles. The quantitative estimate of drug-likeness (QED) is 0.579. The number of hydrogen-bond donors (Lipinski definition) is 4. The Kier molecular flexibility index (Phi) is 5.91. The highest BCUT2D eigenvalue weighted by molar-refractivity contribution is 5.82. The molecule has 104 valence electrons. The van der Waals surface area contributed by atoms with Crippen LogP contribution in [-0.2, 0) is 4.79 Å². The van der Waals surface area contributed by atoms with Crippen LogP contribution in [0.2, 0.25) is 0 Å². The number of carbonyl (C=O) groups excluding carboxylic acids is 1. The van der Waals surface area contributed by atoms with Gasteiger partial charge in [-0.3, -0.25) is 0 Å². The summed E-state index contributed by atoms with van der Waals surface area (Å²) < 4.78 is 0. The number of urea groups is 1. The number of aliphatic hydroxyl groups excluding tert-OH is 1. The molecule has 0 aromatic rings. The Morgan fingerprint density at radius 3 is 2.56 bits per heavy atom. The van der Waals surface area contributed by atoms with Crippen LogP contribution in [0.15, 0.2) is 0 Å². The molecule has 0 heterocycles. The van der Waals surface area contributed by atoms with E-state index in [1.807, 2.05) is 0 Å². The lowest BCUT2D eigenvalue weighted by Gasteiger charge is -2.28. The summed E-state index contributed by atoms with van der Waals surface area (Å²) >= 11 is 0. The molecule has 0 radical (unpaired) electrons. The number of amides is 2. The zero-order chi connectivity index (χ0) is 13.5. The lowest BCUT2D eigenvalue weighted by Crippen LogP contribution is -2.49. The Balaban J connectivity index is 2.29. The molecule has 2 amide bonds. The molecule has 1 aliphatic carbocycles. The van der Waals surface area contributed by atoms with Crippen molar-refractivity contribution < 1.29 is 19.8 Å². The van der Waals surface area contributed by atoms with Crippen molar-refractivity contribution in [3.05, 3.63) is 0 Å². The first kappa shape index (κ1) is 14.8. The van der Waals surface area contributed by atoms with Gasteiger partial charge in [-0.1, -0.05) is 26.2 Å². The number of hydrogen-bond acceptors (Lipinski definition) is 3. The summed E-state index contributed by atoms with van der Waals surface area (Å²) in [5.74, 6) is -0.187. The van der Waals surface area contributed by atoms with Crippen LogP contribution in [0.1, 0.15) is 32.6 Å². The van der Waals surface area contributed by atoms with Crippen molar-refractivity contribution in [2.75, 3.05) is 13.2 Å². The minimum Gasteiger partial charge on any atom is -0.480 e. The van der Waals surface area contributed by atoms with Gasteiger partial charge in [0.25, 0.3) is 0 Å². The first-order valence-corrected chi connectivity index (χ1v) is 6.42. The maximum absolute atomic E-state index is 11.5. The van der Waals surface area contributed by atoms with Crippen molar-refractivity contribution in [1.29, 1.82) is 0 Å². The fourth-order valence-electron chi connectivity index (χ4n) is 2.31. The molecular formula is C12H22N2O4. The molecule has 2 unspecified atom stereocenters. The van der Waals surface area contributed by atoms with Gasteiger partial charge in [0.05, 0.1) is 6.61 Å². The number of rotatable bonds is 5. The highest BCUT2D eigenvalue weighted by Crippen LogP contribution is 2.28. The number of aliphatic hydroxyl groups is 1. The smallest absolute Gasteiger partial charge is 0.328 e. The second-order valence-corrected chi connectivity index (χ2v) is 4.95. The molecule has 0 aliphatic heterocycles. The van der Waals surface area contributed by atoms with Crippen LogP contribution in [0.3, 0.4) is 0 Å². The van der Waals surface area contributed by atoms with Crippen molar-refractivity contribution in [2.24, 2.45) is 11.8 Å². The first-order valence-electron chi connectivity index (χ1n) is 6.42. The SMILES string of the molecule is CC1CCCCC1CNC(=O)N[C@H](CO)C(=O)O. The van der Waals surface area contributed by atoms with E-state index in [1.54, 1.807) is 0 Å². The summed E-state index contributed by atoms with van der Waals surface area (Å²) in [6, 6.07) is -1.77. The number of carbonyl (C=O) groups is 2. The van der Waals surface area contributed by atoms with E-state index in [4.69, 9.17) is 10.2 Å². The predicted molar refractivity (Wildman–Crippen MR) is 66.2 cm³/mol. The first-order chi connectivity index (χ1) is 8.54. The van der Waals surface area contributed by atoms with Crippen LogP contribution in [-0.4, -0.2) is 41.4 Å². The van der Waals surface area contributed by atoms with Gasteiger partial charge < -0.3 is 20.8 Å². The second kappa shape index (κ2) is 7.20. The van der Waals surface area contributed by atoms with Crippen LogP contribution in [0.25, 0.3) is 0 Å². The molecule has 0 spiro atoms. The van der Waals surface area contributed by atoms with Gasteiger partial charge in [-0.25, -0.2) is 9.59 Å². The van der Waals surface area contributed by atoms with Gasteiger partial charge in [0.2, 0.25) is 0 Å². The molecule has 1 fully saturated rings. The van der Waals surface area contributed by atoms with Crippen molar-refractivity contribution in [2.45, 2.75) is 38.6 Å². The summed E-state index contributed by atoms with van der Waals surface area (Å²) in [6.45, 7) is 2.13. The fourth-order valence-corrected chi connectivity index (χ4v) is 2.31. The Morgan fingerprint density at radius 1 is 1.33 bits per heavy atom. The van der Waals surface area contributed by atoms with Gasteiger partial charge in [-0.15, -0.1) is 0 Å². The number of aliphatic carboxylic acids is 1. The summed E-state index contributed by atoms with van der Waals surface area (Å²) in [5.41, 5.74) is 0. The van der Waals surface area contributed by atoms with E-state index < -0.39 is 24.6 Å². The van der Waals surface area contributed by atoms with Crippen LogP contribution in [0, 0.1) is 11.8 Å². The van der Waals surface area contributed by atoms with Gasteiger partial charge >= 0.3 is 12.0 Å². The Morgan fingerprint density at radius 2 is 2.00 bits per heavy atom. The van der Waals surface area contributed by atoms with E-state index in [1.165, 1.54) is 19.3 Å². The summed E-state index contributed by atoms with van der Waals surface area (Å²) in [6.07, 6.45) is 4.72. The molecule has 0 saturated heterocycles. The monoisotopic (exact) mass is 258 g/mol. The molecule has 1 saturated carbocycles. The van der Waals surface area contributed by atoms with Crippen LogP contribution >= 0.6 is 0 Å². The highest BCUT2D eigenvalue weighted by atomic mass is 16.4. The van der Waals surface area contributed by atoms with E-state index in [0.717, 1.165) is 6.42 Å². The highest BCUT2D eigenvalue weighted by Gasteiger charge is 2.23. The fraction of sp³-hybridized carbons (Fsp3) is 0.833. The molecule has 4 N–H and O–H groups in total. The normalized spacial score (nSPS) is 25.2. The van der Waals surface area contributed by atoms with Crippen LogP contribution in [0.5, 0.6) is 0 Å². The topological polar surface area (TPSA) is 98.7 Å². The Labute approximate surface area is 107 Å². The van der Waals surface area contributed by atoms with Gasteiger partial charge in [-0.2, -0.15) is 0 Å². The second-order valence-electron chi connectivity index (χ2n) is 4.95. The zero-order valence-corrected chi connectivity index (χ0v) is 10.7. The largest absolute Gasteiger partial charge is 0.480 e. The average Bonchev–Trinajstić information content (AvgIpc) is 2.34. The third-order valence-electron chi connectivity index (χ3n) is 3.60. The Bertz CT molecular complexity index is 296. The molecular weight excluding hydrogens is 236 g/mol. The minimum atomic E-state index is -1.24. The standard InChI is InChI=1S/C12H22N2O4/c1-8-4-2-3-5-9(8)6-13-12(18)14-10(7-15)11(16)17/h8-10,15H,2-7H2,1H3,(H,16,17)(H2,13,14,18)/t8?,9?,10-/m1/s1. The predicted octanol–water partition coefficient (Wildman–Crippen LogP) is 0.557. The van der Waals surface area contributed by atoms with E-state index >= 15 is 0 Å². The van der Waals surface area contributed by atoms with E-state index in [0.29, 0.717) is 18.4 Å². The van der Waals surface area contributed by atoms with Crippen molar-refractivity contribution in [3.8, 4) is 0 Å². The van der Waals surface area contributed by atoms with E-state index in [9.17, 15) is 9.59 Å². The van der Waals surface area contributed by atoms with E-state index in [2.05, 4.69) is 17.6 Å². The molecule has 6 heteroatoms. The maximum atomic E-state index is 11.5.